The highest BCUT2D eigenvalue weighted by Gasteiger charge is 2.37. The second-order valence-electron chi connectivity index (χ2n) is 7.48. The molecule has 6 nitrogen and oxygen atoms in total. The first-order valence-electron chi connectivity index (χ1n) is 10.1. The third-order valence-electron chi connectivity index (χ3n) is 5.31. The molecule has 0 bridgehead atoms. The number of carbonyl (C=O) groups is 1. The van der Waals surface area contributed by atoms with Crippen LogP contribution >= 0.6 is 0 Å². The molecule has 1 heterocycles. The quantitative estimate of drug-likeness (QED) is 0.641. The van der Waals surface area contributed by atoms with Crippen LogP contribution in [0.5, 0.6) is 5.75 Å². The number of rotatable bonds is 6. The molecule has 0 saturated heterocycles. The fourth-order valence-corrected chi connectivity index (χ4v) is 5.05. The van der Waals surface area contributed by atoms with E-state index in [1.807, 2.05) is 37.3 Å². The number of fused-ring (bicyclic) bond motifs is 1. The van der Waals surface area contributed by atoms with E-state index in [9.17, 15) is 13.2 Å². The number of para-hydroxylation sites is 2. The number of amides is 1. The van der Waals surface area contributed by atoms with Crippen molar-refractivity contribution in [2.24, 2.45) is 0 Å². The molecule has 1 N–H and O–H groups in total. The van der Waals surface area contributed by atoms with Gasteiger partial charge < -0.3 is 10.1 Å². The summed E-state index contributed by atoms with van der Waals surface area (Å²) >= 11 is 0. The van der Waals surface area contributed by atoms with Gasteiger partial charge in [-0.05, 0) is 35.7 Å². The molecule has 31 heavy (non-hydrogen) atoms. The van der Waals surface area contributed by atoms with Crippen molar-refractivity contribution in [2.75, 3.05) is 17.4 Å². The predicted octanol–water partition coefficient (Wildman–Crippen LogP) is 3.56. The zero-order valence-corrected chi connectivity index (χ0v) is 18.0. The Kier molecular flexibility index (Phi) is 5.95. The minimum atomic E-state index is -3.84. The molecule has 0 aliphatic carbocycles. The Labute approximate surface area is 182 Å². The van der Waals surface area contributed by atoms with E-state index < -0.39 is 16.1 Å². The Morgan fingerprint density at radius 3 is 2.32 bits per heavy atom. The van der Waals surface area contributed by atoms with Gasteiger partial charge in [0.05, 0.1) is 17.1 Å². The van der Waals surface area contributed by atoms with Gasteiger partial charge in [0.25, 0.3) is 15.9 Å². The first-order valence-corrected chi connectivity index (χ1v) is 11.6. The molecule has 160 valence electrons. The number of nitrogens with zero attached hydrogens (tertiary/aromatic N) is 1. The number of sulfonamides is 1. The largest absolute Gasteiger partial charge is 0.476 e. The van der Waals surface area contributed by atoms with Crippen LogP contribution in [-0.2, 0) is 14.8 Å². The van der Waals surface area contributed by atoms with Crippen LogP contribution in [0.4, 0.5) is 5.69 Å². The van der Waals surface area contributed by atoms with Gasteiger partial charge in [-0.25, -0.2) is 8.42 Å². The summed E-state index contributed by atoms with van der Waals surface area (Å²) in [5, 5.41) is 2.91. The Morgan fingerprint density at radius 1 is 1.00 bits per heavy atom. The summed E-state index contributed by atoms with van der Waals surface area (Å²) < 4.78 is 33.7. The third-order valence-corrected chi connectivity index (χ3v) is 7.10. The van der Waals surface area contributed by atoms with Gasteiger partial charge in [-0.1, -0.05) is 67.6 Å². The molecule has 0 saturated carbocycles. The van der Waals surface area contributed by atoms with Crippen molar-refractivity contribution in [3.8, 4) is 5.75 Å². The van der Waals surface area contributed by atoms with Crippen molar-refractivity contribution in [1.82, 2.24) is 5.32 Å². The Hall–Kier alpha value is -3.32. The van der Waals surface area contributed by atoms with Crippen molar-refractivity contribution in [2.45, 2.75) is 23.8 Å². The minimum Gasteiger partial charge on any atom is -0.476 e. The Balaban J connectivity index is 1.55. The van der Waals surface area contributed by atoms with E-state index in [0.29, 0.717) is 18.0 Å². The van der Waals surface area contributed by atoms with Crippen LogP contribution in [0, 0.1) is 0 Å². The van der Waals surface area contributed by atoms with E-state index in [1.165, 1.54) is 4.31 Å². The van der Waals surface area contributed by atoms with E-state index in [-0.39, 0.29) is 23.3 Å². The standard InChI is InChI=1S/C24H24N2O4S/c1-18(19-10-4-2-5-11-19)16-25-24(27)23-17-26(21-14-8-9-15-22(21)30-23)31(28,29)20-12-6-3-7-13-20/h2-15,18,23H,16-17H2,1H3,(H,25,27). The summed E-state index contributed by atoms with van der Waals surface area (Å²) in [6.07, 6.45) is -0.948. The number of benzene rings is 3. The molecule has 4 rings (SSSR count). The molecule has 3 aromatic carbocycles. The lowest BCUT2D eigenvalue weighted by atomic mass is 10.0. The molecule has 0 radical (unpaired) electrons. The molecule has 0 spiro atoms. The molecule has 1 amide bonds. The second-order valence-corrected chi connectivity index (χ2v) is 9.34. The average Bonchev–Trinajstić information content (AvgIpc) is 2.82. The van der Waals surface area contributed by atoms with Crippen molar-refractivity contribution in [3.63, 3.8) is 0 Å². The maximum absolute atomic E-state index is 13.3. The first-order chi connectivity index (χ1) is 15.0. The highest BCUT2D eigenvalue weighted by atomic mass is 32.2. The predicted molar refractivity (Wildman–Crippen MR) is 120 cm³/mol. The van der Waals surface area contributed by atoms with Crippen LogP contribution in [0.1, 0.15) is 18.4 Å². The molecule has 1 aliphatic heterocycles. The summed E-state index contributed by atoms with van der Waals surface area (Å²) in [6.45, 7) is 2.36. The van der Waals surface area contributed by atoms with Crippen LogP contribution in [0.2, 0.25) is 0 Å². The van der Waals surface area contributed by atoms with Gasteiger partial charge in [-0.3, -0.25) is 9.10 Å². The number of carbonyl (C=O) groups excluding carboxylic acids is 1. The van der Waals surface area contributed by atoms with Crippen LogP contribution in [0.25, 0.3) is 0 Å². The third kappa shape index (κ3) is 4.41. The molecule has 1 aliphatic rings. The van der Waals surface area contributed by atoms with E-state index in [0.717, 1.165) is 5.56 Å². The van der Waals surface area contributed by atoms with Gasteiger partial charge >= 0.3 is 0 Å². The van der Waals surface area contributed by atoms with Gasteiger partial charge in [-0.2, -0.15) is 0 Å². The highest BCUT2D eigenvalue weighted by molar-refractivity contribution is 7.92. The normalized spacial score (nSPS) is 16.7. The van der Waals surface area contributed by atoms with Crippen molar-refractivity contribution < 1.29 is 17.9 Å². The summed E-state index contributed by atoms with van der Waals surface area (Å²) in [7, 11) is -3.84. The molecular formula is C24H24N2O4S. The number of nitrogens with one attached hydrogen (secondary N) is 1. The number of anilines is 1. The second kappa shape index (κ2) is 8.81. The zero-order chi connectivity index (χ0) is 21.8. The number of ether oxygens (including phenoxy) is 1. The van der Waals surface area contributed by atoms with Gasteiger partial charge in [0.15, 0.2) is 6.10 Å². The Morgan fingerprint density at radius 2 is 1.61 bits per heavy atom. The summed E-state index contributed by atoms with van der Waals surface area (Å²) in [6, 6.07) is 25.0. The molecular weight excluding hydrogens is 412 g/mol. The van der Waals surface area contributed by atoms with Crippen LogP contribution in [0.3, 0.4) is 0 Å². The first kappa shape index (κ1) is 20.9. The molecule has 3 aromatic rings. The monoisotopic (exact) mass is 436 g/mol. The smallest absolute Gasteiger partial charge is 0.264 e. The number of hydrogen-bond donors (Lipinski definition) is 1. The molecule has 0 aromatic heterocycles. The summed E-state index contributed by atoms with van der Waals surface area (Å²) in [4.78, 5) is 13.1. The maximum atomic E-state index is 13.3. The molecule has 0 fully saturated rings. The minimum absolute atomic E-state index is 0.0974. The van der Waals surface area contributed by atoms with Crippen LogP contribution in [0.15, 0.2) is 89.8 Å². The van der Waals surface area contributed by atoms with E-state index in [2.05, 4.69) is 5.32 Å². The summed E-state index contributed by atoms with van der Waals surface area (Å²) in [5.74, 6) is 0.139. The fraction of sp³-hybridized carbons (Fsp3) is 0.208. The van der Waals surface area contributed by atoms with Crippen LogP contribution < -0.4 is 14.4 Å². The molecule has 7 heteroatoms. The molecule has 2 unspecified atom stereocenters. The maximum Gasteiger partial charge on any atom is 0.264 e. The van der Waals surface area contributed by atoms with Gasteiger partial charge in [-0.15, -0.1) is 0 Å². The fourth-order valence-electron chi connectivity index (χ4n) is 3.55. The van der Waals surface area contributed by atoms with Gasteiger partial charge in [0, 0.05) is 6.54 Å². The van der Waals surface area contributed by atoms with Crippen molar-refractivity contribution in [1.29, 1.82) is 0 Å². The van der Waals surface area contributed by atoms with E-state index >= 15 is 0 Å². The van der Waals surface area contributed by atoms with Crippen molar-refractivity contribution >= 4 is 21.6 Å². The SMILES string of the molecule is CC(CNC(=O)C1CN(S(=O)(=O)c2ccccc2)c2ccccc2O1)c1ccccc1. The van der Waals surface area contributed by atoms with Gasteiger partial charge in [0.1, 0.15) is 5.75 Å². The summed E-state index contributed by atoms with van der Waals surface area (Å²) in [5.41, 5.74) is 1.54. The topological polar surface area (TPSA) is 75.7 Å². The lowest BCUT2D eigenvalue weighted by Crippen LogP contribution is -2.51. The van der Waals surface area contributed by atoms with Crippen molar-refractivity contribution in [3.05, 3.63) is 90.5 Å². The average molecular weight is 437 g/mol. The highest BCUT2D eigenvalue weighted by Crippen LogP contribution is 2.36. The van der Waals surface area contributed by atoms with Crippen LogP contribution in [-0.4, -0.2) is 33.5 Å². The molecule has 2 atom stereocenters. The lowest BCUT2D eigenvalue weighted by molar-refractivity contribution is -0.127. The van der Waals surface area contributed by atoms with E-state index in [1.54, 1.807) is 54.6 Å². The lowest BCUT2D eigenvalue weighted by Gasteiger charge is -2.34. The van der Waals surface area contributed by atoms with Gasteiger partial charge in [0.2, 0.25) is 0 Å². The number of hydrogen-bond acceptors (Lipinski definition) is 4. The van der Waals surface area contributed by atoms with E-state index in [4.69, 9.17) is 4.74 Å². The Bertz CT molecular complexity index is 1150. The zero-order valence-electron chi connectivity index (χ0n) is 17.1.